The molecule has 8 heteroatoms. The minimum absolute atomic E-state index is 0.0928. The molecule has 1 saturated heterocycles. The van der Waals surface area contributed by atoms with Gasteiger partial charge < -0.3 is 10.2 Å². The van der Waals surface area contributed by atoms with E-state index in [1.807, 2.05) is 0 Å². The highest BCUT2D eigenvalue weighted by molar-refractivity contribution is 6.32. The molecule has 23 heavy (non-hydrogen) atoms. The van der Waals surface area contributed by atoms with Crippen molar-refractivity contribution < 1.29 is 22.8 Å². The number of hydrogen-bond acceptors (Lipinski definition) is 2. The Labute approximate surface area is 136 Å². The van der Waals surface area contributed by atoms with Gasteiger partial charge in [-0.1, -0.05) is 23.7 Å². The Kier molecular flexibility index (Phi) is 5.19. The summed E-state index contributed by atoms with van der Waals surface area (Å²) in [6.45, 7) is 2.07. The number of likely N-dealkylation sites (tertiary alicyclic amines) is 1. The molecule has 0 radical (unpaired) electrons. The Morgan fingerprint density at radius 2 is 2.13 bits per heavy atom. The van der Waals surface area contributed by atoms with E-state index in [-0.39, 0.29) is 23.9 Å². The van der Waals surface area contributed by atoms with Crippen LogP contribution in [-0.2, 0) is 22.3 Å². The van der Waals surface area contributed by atoms with Gasteiger partial charge in [-0.2, -0.15) is 13.2 Å². The van der Waals surface area contributed by atoms with Crippen molar-refractivity contribution in [1.82, 2.24) is 10.2 Å². The molecule has 1 aliphatic heterocycles. The molecule has 1 aromatic rings. The standard InChI is InChI=1S/C15H16ClF3N2O2/c1-2-21-11(6-7-12(21)22)14(23)20-8-9-4-3-5-10(13(9)16)15(17,18)19/h3-5,11H,2,6-8H2,1H3,(H,20,23)/t11-/m0/s1. The first-order valence-corrected chi connectivity index (χ1v) is 7.55. The van der Waals surface area contributed by atoms with Crippen molar-refractivity contribution in [2.24, 2.45) is 0 Å². The highest BCUT2D eigenvalue weighted by Crippen LogP contribution is 2.36. The Morgan fingerprint density at radius 1 is 1.43 bits per heavy atom. The molecule has 0 unspecified atom stereocenters. The molecule has 1 heterocycles. The Bertz CT molecular complexity index is 619. The van der Waals surface area contributed by atoms with Crippen LogP contribution >= 0.6 is 11.6 Å². The van der Waals surface area contributed by atoms with Gasteiger partial charge in [-0.25, -0.2) is 0 Å². The molecule has 1 fully saturated rings. The summed E-state index contributed by atoms with van der Waals surface area (Å²) in [6, 6.07) is 2.99. The smallest absolute Gasteiger partial charge is 0.350 e. The van der Waals surface area contributed by atoms with Crippen LogP contribution < -0.4 is 5.32 Å². The zero-order valence-corrected chi connectivity index (χ0v) is 13.2. The summed E-state index contributed by atoms with van der Waals surface area (Å²) >= 11 is 5.78. The first-order chi connectivity index (χ1) is 10.8. The van der Waals surface area contributed by atoms with E-state index < -0.39 is 22.8 Å². The number of alkyl halides is 3. The molecule has 4 nitrogen and oxygen atoms in total. The van der Waals surface area contributed by atoms with Crippen LogP contribution in [0.1, 0.15) is 30.9 Å². The lowest BCUT2D eigenvalue weighted by Crippen LogP contribution is -2.44. The van der Waals surface area contributed by atoms with E-state index >= 15 is 0 Å². The van der Waals surface area contributed by atoms with Crippen molar-refractivity contribution in [3.05, 3.63) is 34.3 Å². The van der Waals surface area contributed by atoms with Gasteiger partial charge in [0.25, 0.3) is 0 Å². The van der Waals surface area contributed by atoms with Gasteiger partial charge in [0.05, 0.1) is 10.6 Å². The number of carbonyl (C=O) groups is 2. The van der Waals surface area contributed by atoms with E-state index in [0.717, 1.165) is 6.07 Å². The summed E-state index contributed by atoms with van der Waals surface area (Å²) in [6.07, 6.45) is -3.83. The number of benzene rings is 1. The van der Waals surface area contributed by atoms with Crippen LogP contribution in [0, 0.1) is 0 Å². The Balaban J connectivity index is 2.07. The third-order valence-corrected chi connectivity index (χ3v) is 4.26. The Hall–Kier alpha value is -1.76. The van der Waals surface area contributed by atoms with Crippen LogP contribution in [-0.4, -0.2) is 29.3 Å². The van der Waals surface area contributed by atoms with Crippen molar-refractivity contribution in [3.8, 4) is 0 Å². The van der Waals surface area contributed by atoms with Crippen molar-refractivity contribution in [1.29, 1.82) is 0 Å². The molecule has 1 N–H and O–H groups in total. The fourth-order valence-corrected chi connectivity index (χ4v) is 2.94. The molecule has 0 aromatic heterocycles. The van der Waals surface area contributed by atoms with Crippen molar-refractivity contribution >= 4 is 23.4 Å². The average Bonchev–Trinajstić information content (AvgIpc) is 2.85. The van der Waals surface area contributed by atoms with Gasteiger partial charge in [-0.15, -0.1) is 0 Å². The van der Waals surface area contributed by atoms with Gasteiger partial charge in [0, 0.05) is 19.5 Å². The monoisotopic (exact) mass is 348 g/mol. The SMILES string of the molecule is CCN1C(=O)CC[C@H]1C(=O)NCc1cccc(C(F)(F)F)c1Cl. The van der Waals surface area contributed by atoms with Crippen molar-refractivity contribution in [2.45, 2.75) is 38.5 Å². The first-order valence-electron chi connectivity index (χ1n) is 7.17. The lowest BCUT2D eigenvalue weighted by molar-refractivity contribution is -0.137. The molecule has 1 aromatic carbocycles. The van der Waals surface area contributed by atoms with Crippen LogP contribution in [0.4, 0.5) is 13.2 Å². The lowest BCUT2D eigenvalue weighted by Gasteiger charge is -2.22. The van der Waals surface area contributed by atoms with E-state index in [2.05, 4.69) is 5.32 Å². The maximum atomic E-state index is 12.8. The number of carbonyl (C=O) groups excluding carboxylic acids is 2. The quantitative estimate of drug-likeness (QED) is 0.909. The van der Waals surface area contributed by atoms with Gasteiger partial charge in [0.2, 0.25) is 11.8 Å². The molecule has 2 rings (SSSR count). The van der Waals surface area contributed by atoms with E-state index in [9.17, 15) is 22.8 Å². The minimum Gasteiger partial charge on any atom is -0.350 e. The number of halogens is 4. The summed E-state index contributed by atoms with van der Waals surface area (Å²) in [4.78, 5) is 25.2. The second-order valence-corrected chi connectivity index (χ2v) is 5.61. The second-order valence-electron chi connectivity index (χ2n) is 5.23. The maximum absolute atomic E-state index is 12.8. The molecule has 0 aliphatic carbocycles. The van der Waals surface area contributed by atoms with Crippen molar-refractivity contribution in [3.63, 3.8) is 0 Å². The number of likely N-dealkylation sites (N-methyl/N-ethyl adjacent to an activating group) is 1. The van der Waals surface area contributed by atoms with Gasteiger partial charge in [-0.05, 0) is 25.0 Å². The van der Waals surface area contributed by atoms with Crippen LogP contribution in [0.5, 0.6) is 0 Å². The summed E-state index contributed by atoms with van der Waals surface area (Å²) in [7, 11) is 0. The zero-order chi connectivity index (χ0) is 17.2. The molecular formula is C15H16ClF3N2O2. The maximum Gasteiger partial charge on any atom is 0.417 e. The molecule has 0 bridgehead atoms. The number of nitrogens with one attached hydrogen (secondary N) is 1. The van der Waals surface area contributed by atoms with Crippen LogP contribution in [0.3, 0.4) is 0 Å². The predicted molar refractivity (Wildman–Crippen MR) is 78.7 cm³/mol. The normalized spacial score (nSPS) is 18.4. The number of hydrogen-bond donors (Lipinski definition) is 1. The molecule has 126 valence electrons. The fraction of sp³-hybridized carbons (Fsp3) is 0.467. The first kappa shape index (κ1) is 17.6. The molecule has 2 amide bonds. The molecular weight excluding hydrogens is 333 g/mol. The van der Waals surface area contributed by atoms with E-state index in [0.29, 0.717) is 19.4 Å². The minimum atomic E-state index is -4.55. The van der Waals surface area contributed by atoms with Gasteiger partial charge in [0.15, 0.2) is 0 Å². The highest BCUT2D eigenvalue weighted by atomic mass is 35.5. The van der Waals surface area contributed by atoms with Crippen LogP contribution in [0.2, 0.25) is 5.02 Å². The van der Waals surface area contributed by atoms with E-state index in [1.54, 1.807) is 6.92 Å². The number of rotatable bonds is 4. The molecule has 0 saturated carbocycles. The third-order valence-electron chi connectivity index (χ3n) is 3.81. The highest BCUT2D eigenvalue weighted by Gasteiger charge is 2.35. The number of nitrogens with zero attached hydrogens (tertiary/aromatic N) is 1. The molecule has 1 aliphatic rings. The topological polar surface area (TPSA) is 49.4 Å². The van der Waals surface area contributed by atoms with Gasteiger partial charge >= 0.3 is 6.18 Å². The summed E-state index contributed by atoms with van der Waals surface area (Å²) in [5, 5.41) is 2.14. The van der Waals surface area contributed by atoms with Gasteiger partial charge in [-0.3, -0.25) is 9.59 Å². The van der Waals surface area contributed by atoms with Crippen LogP contribution in [0.25, 0.3) is 0 Å². The summed E-state index contributed by atoms with van der Waals surface area (Å²) < 4.78 is 38.4. The molecule has 0 spiro atoms. The molecule has 1 atom stereocenters. The zero-order valence-electron chi connectivity index (χ0n) is 12.4. The summed E-state index contributed by atoms with van der Waals surface area (Å²) in [5.74, 6) is -0.476. The fourth-order valence-electron chi connectivity index (χ4n) is 2.64. The number of amides is 2. The predicted octanol–water partition coefficient (Wildman–Crippen LogP) is 2.99. The average molecular weight is 349 g/mol. The van der Waals surface area contributed by atoms with Gasteiger partial charge in [0.1, 0.15) is 6.04 Å². The lowest BCUT2D eigenvalue weighted by atomic mass is 10.1. The van der Waals surface area contributed by atoms with E-state index in [4.69, 9.17) is 11.6 Å². The Morgan fingerprint density at radius 3 is 2.74 bits per heavy atom. The van der Waals surface area contributed by atoms with Crippen molar-refractivity contribution in [2.75, 3.05) is 6.54 Å². The van der Waals surface area contributed by atoms with Crippen LogP contribution in [0.15, 0.2) is 18.2 Å². The largest absolute Gasteiger partial charge is 0.417 e. The summed E-state index contributed by atoms with van der Waals surface area (Å²) in [5.41, 5.74) is -0.751. The second kappa shape index (κ2) is 6.78. The van der Waals surface area contributed by atoms with E-state index in [1.165, 1.54) is 17.0 Å². The third kappa shape index (κ3) is 3.77.